The van der Waals surface area contributed by atoms with Crippen LogP contribution in [0.4, 0.5) is 0 Å². The summed E-state index contributed by atoms with van der Waals surface area (Å²) in [4.78, 5) is 2.12. The van der Waals surface area contributed by atoms with Crippen LogP contribution in [0.5, 0.6) is 0 Å². The summed E-state index contributed by atoms with van der Waals surface area (Å²) < 4.78 is 2.89. The molecule has 0 spiro atoms. The van der Waals surface area contributed by atoms with Crippen LogP contribution in [-0.2, 0) is 6.54 Å². The highest BCUT2D eigenvalue weighted by molar-refractivity contribution is 9.10. The molecule has 0 radical (unpaired) electrons. The summed E-state index contributed by atoms with van der Waals surface area (Å²) in [5, 5.41) is 5.17. The summed E-state index contributed by atoms with van der Waals surface area (Å²) in [7, 11) is 4.08. The lowest BCUT2D eigenvalue weighted by atomic mass is 10.0. The fourth-order valence-corrected chi connectivity index (χ4v) is 2.83. The van der Waals surface area contributed by atoms with Crippen LogP contribution in [0.15, 0.2) is 28.9 Å². The molecular formula is C15H20BrClN4. The van der Waals surface area contributed by atoms with E-state index in [1.54, 1.807) is 6.20 Å². The Balaban J connectivity index is 2.31. The Bertz CT molecular complexity index is 624. The van der Waals surface area contributed by atoms with E-state index in [1.165, 1.54) is 0 Å². The number of halogens is 2. The van der Waals surface area contributed by atoms with Gasteiger partial charge in [0.15, 0.2) is 0 Å². The molecule has 6 heteroatoms. The van der Waals surface area contributed by atoms with E-state index in [4.69, 9.17) is 17.3 Å². The molecule has 2 N–H and O–H groups in total. The first-order chi connectivity index (χ1) is 9.90. The molecule has 0 aliphatic carbocycles. The zero-order chi connectivity index (χ0) is 15.6. The highest BCUT2D eigenvalue weighted by Gasteiger charge is 2.19. The smallest absolute Gasteiger partial charge is 0.0739 e. The Morgan fingerprint density at radius 3 is 2.76 bits per heavy atom. The topological polar surface area (TPSA) is 47.1 Å². The van der Waals surface area contributed by atoms with Crippen molar-refractivity contribution in [3.63, 3.8) is 0 Å². The van der Waals surface area contributed by atoms with Gasteiger partial charge in [-0.05, 0) is 54.1 Å². The van der Waals surface area contributed by atoms with Crippen molar-refractivity contribution in [2.45, 2.75) is 19.5 Å². The first kappa shape index (κ1) is 16.5. The summed E-state index contributed by atoms with van der Waals surface area (Å²) in [6.45, 7) is 3.69. The Hall–Kier alpha value is -0.880. The first-order valence-electron chi connectivity index (χ1n) is 6.77. The third kappa shape index (κ3) is 3.86. The molecule has 0 saturated heterocycles. The minimum Gasteiger partial charge on any atom is -0.319 e. The molecule has 1 aromatic heterocycles. The molecular weight excluding hydrogens is 352 g/mol. The fraction of sp³-hybridized carbons (Fsp3) is 0.400. The SMILES string of the molecule is Cc1cc(C(N)c2c(Br)cnn2CCN(C)C)ccc1Cl. The first-order valence-corrected chi connectivity index (χ1v) is 7.95. The van der Waals surface area contributed by atoms with Crippen LogP contribution in [-0.4, -0.2) is 35.3 Å². The lowest BCUT2D eigenvalue weighted by Crippen LogP contribution is -2.23. The van der Waals surface area contributed by atoms with Gasteiger partial charge in [0.1, 0.15) is 0 Å². The van der Waals surface area contributed by atoms with Crippen molar-refractivity contribution in [3.05, 3.63) is 50.7 Å². The van der Waals surface area contributed by atoms with E-state index < -0.39 is 0 Å². The van der Waals surface area contributed by atoms with Gasteiger partial charge in [-0.2, -0.15) is 5.10 Å². The van der Waals surface area contributed by atoms with Crippen LogP contribution in [0.25, 0.3) is 0 Å². The molecule has 21 heavy (non-hydrogen) atoms. The lowest BCUT2D eigenvalue weighted by Gasteiger charge is -2.18. The second-order valence-electron chi connectivity index (χ2n) is 5.39. The minimum absolute atomic E-state index is 0.236. The van der Waals surface area contributed by atoms with Crippen molar-refractivity contribution >= 4 is 27.5 Å². The van der Waals surface area contributed by atoms with Crippen LogP contribution in [0, 0.1) is 6.92 Å². The molecule has 1 atom stereocenters. The molecule has 0 amide bonds. The second-order valence-corrected chi connectivity index (χ2v) is 6.65. The predicted octanol–water partition coefficient (Wildman–Crippen LogP) is 3.22. The van der Waals surface area contributed by atoms with Crippen molar-refractivity contribution in [3.8, 4) is 0 Å². The predicted molar refractivity (Wildman–Crippen MR) is 90.7 cm³/mol. The average molecular weight is 372 g/mol. The van der Waals surface area contributed by atoms with E-state index in [9.17, 15) is 0 Å². The van der Waals surface area contributed by atoms with Crippen molar-refractivity contribution in [1.29, 1.82) is 0 Å². The van der Waals surface area contributed by atoms with Gasteiger partial charge >= 0.3 is 0 Å². The van der Waals surface area contributed by atoms with Crippen molar-refractivity contribution < 1.29 is 0 Å². The highest BCUT2D eigenvalue weighted by atomic mass is 79.9. The molecule has 0 aliphatic rings. The van der Waals surface area contributed by atoms with Gasteiger partial charge in [-0.15, -0.1) is 0 Å². The zero-order valence-electron chi connectivity index (χ0n) is 12.5. The lowest BCUT2D eigenvalue weighted by molar-refractivity contribution is 0.368. The van der Waals surface area contributed by atoms with Gasteiger partial charge in [0, 0.05) is 11.6 Å². The molecule has 0 bridgehead atoms. The van der Waals surface area contributed by atoms with Gasteiger partial charge in [-0.25, -0.2) is 0 Å². The van der Waals surface area contributed by atoms with Gasteiger partial charge in [0.2, 0.25) is 0 Å². The van der Waals surface area contributed by atoms with E-state index in [0.29, 0.717) is 0 Å². The molecule has 114 valence electrons. The van der Waals surface area contributed by atoms with Crippen LogP contribution < -0.4 is 5.73 Å². The molecule has 0 aliphatic heterocycles. The average Bonchev–Trinajstić information content (AvgIpc) is 2.80. The van der Waals surface area contributed by atoms with Gasteiger partial charge in [-0.1, -0.05) is 23.7 Å². The number of aromatic nitrogens is 2. The van der Waals surface area contributed by atoms with Crippen molar-refractivity contribution in [2.24, 2.45) is 5.73 Å². The maximum atomic E-state index is 6.44. The standard InChI is InChI=1S/C15H20BrClN4/c1-10-8-11(4-5-13(10)17)14(18)15-12(16)9-19-21(15)7-6-20(2)3/h4-5,8-9,14H,6-7,18H2,1-3H3. The molecule has 1 heterocycles. The van der Waals surface area contributed by atoms with E-state index in [0.717, 1.165) is 39.4 Å². The fourth-order valence-electron chi connectivity index (χ4n) is 2.17. The van der Waals surface area contributed by atoms with Gasteiger partial charge in [0.05, 0.1) is 29.0 Å². The number of hydrogen-bond acceptors (Lipinski definition) is 3. The molecule has 2 aromatic rings. The number of nitrogens with zero attached hydrogens (tertiary/aromatic N) is 3. The van der Waals surface area contributed by atoms with Gasteiger partial charge < -0.3 is 10.6 Å². The molecule has 1 unspecified atom stereocenters. The summed E-state index contributed by atoms with van der Waals surface area (Å²) in [5.74, 6) is 0. The van der Waals surface area contributed by atoms with E-state index in [1.807, 2.05) is 43.9 Å². The summed E-state index contributed by atoms with van der Waals surface area (Å²) >= 11 is 9.64. The number of rotatable bonds is 5. The van der Waals surface area contributed by atoms with Crippen LogP contribution in [0.1, 0.15) is 22.9 Å². The Morgan fingerprint density at radius 1 is 1.43 bits per heavy atom. The maximum Gasteiger partial charge on any atom is 0.0739 e. The zero-order valence-corrected chi connectivity index (χ0v) is 14.8. The number of likely N-dealkylation sites (N-methyl/N-ethyl adjacent to an activating group) is 1. The molecule has 4 nitrogen and oxygen atoms in total. The Kier molecular flexibility index (Phi) is 5.43. The largest absolute Gasteiger partial charge is 0.319 e. The second kappa shape index (κ2) is 6.92. The summed E-state index contributed by atoms with van der Waals surface area (Å²) in [6, 6.07) is 5.65. The Morgan fingerprint density at radius 2 is 2.14 bits per heavy atom. The summed E-state index contributed by atoms with van der Waals surface area (Å²) in [5.41, 5.74) is 9.48. The molecule has 0 fully saturated rings. The minimum atomic E-state index is -0.236. The number of nitrogens with two attached hydrogens (primary N) is 1. The molecule has 0 saturated carbocycles. The van der Waals surface area contributed by atoms with Gasteiger partial charge in [-0.3, -0.25) is 4.68 Å². The van der Waals surface area contributed by atoms with E-state index >= 15 is 0 Å². The number of benzene rings is 1. The van der Waals surface area contributed by atoms with Crippen LogP contribution in [0.3, 0.4) is 0 Å². The molecule has 2 rings (SSSR count). The quantitative estimate of drug-likeness (QED) is 0.878. The number of aryl methyl sites for hydroxylation is 1. The van der Waals surface area contributed by atoms with Crippen LogP contribution >= 0.6 is 27.5 Å². The number of hydrogen-bond donors (Lipinski definition) is 1. The van der Waals surface area contributed by atoms with E-state index in [-0.39, 0.29) is 6.04 Å². The maximum absolute atomic E-state index is 6.44. The highest BCUT2D eigenvalue weighted by Crippen LogP contribution is 2.28. The van der Waals surface area contributed by atoms with Crippen molar-refractivity contribution in [1.82, 2.24) is 14.7 Å². The van der Waals surface area contributed by atoms with E-state index in [2.05, 4.69) is 25.9 Å². The third-order valence-corrected chi connectivity index (χ3v) is 4.46. The normalized spacial score (nSPS) is 12.9. The van der Waals surface area contributed by atoms with Crippen molar-refractivity contribution in [2.75, 3.05) is 20.6 Å². The Labute approximate surface area is 139 Å². The van der Waals surface area contributed by atoms with Crippen LogP contribution in [0.2, 0.25) is 5.02 Å². The third-order valence-electron chi connectivity index (χ3n) is 3.43. The molecule has 1 aromatic carbocycles. The van der Waals surface area contributed by atoms with Gasteiger partial charge in [0.25, 0.3) is 0 Å². The monoisotopic (exact) mass is 370 g/mol. The summed E-state index contributed by atoms with van der Waals surface area (Å²) in [6.07, 6.45) is 1.80.